The Morgan fingerprint density at radius 3 is 2.55 bits per heavy atom. The number of benzene rings is 1. The number of rotatable bonds is 8. The fourth-order valence-corrected chi connectivity index (χ4v) is 3.54. The molecule has 0 spiro atoms. The minimum Gasteiger partial charge on any atom is -0.397 e. The summed E-state index contributed by atoms with van der Waals surface area (Å²) < 4.78 is 0. The number of nitrogens with zero attached hydrogens (tertiary/aromatic N) is 3. The molecule has 0 atom stereocenters. The maximum atomic E-state index is 6.34. The van der Waals surface area contributed by atoms with Crippen LogP contribution in [0.3, 0.4) is 0 Å². The number of hydrogen-bond donors (Lipinski definition) is 3. The van der Waals surface area contributed by atoms with Crippen molar-refractivity contribution in [1.82, 2.24) is 15.0 Å². The second-order valence-electron chi connectivity index (χ2n) is 7.08. The largest absolute Gasteiger partial charge is 0.397 e. The number of nitrogens with one attached hydrogen (secondary N) is 2. The van der Waals surface area contributed by atoms with Gasteiger partial charge in [0.1, 0.15) is 11.6 Å². The van der Waals surface area contributed by atoms with Crippen LogP contribution >= 0.6 is 23.2 Å². The van der Waals surface area contributed by atoms with Crippen LogP contribution in [0.25, 0.3) is 11.4 Å². The number of halogens is 2. The fourth-order valence-electron chi connectivity index (χ4n) is 3.05. The Morgan fingerprint density at radius 1 is 1.00 bits per heavy atom. The van der Waals surface area contributed by atoms with Gasteiger partial charge in [0.05, 0.1) is 16.9 Å². The van der Waals surface area contributed by atoms with Gasteiger partial charge in [-0.1, -0.05) is 23.2 Å². The summed E-state index contributed by atoms with van der Waals surface area (Å²) in [5, 5.41) is 7.90. The third kappa shape index (κ3) is 5.08. The first-order valence-electron chi connectivity index (χ1n) is 9.62. The molecule has 2 heterocycles. The van der Waals surface area contributed by atoms with Crippen LogP contribution in [0.1, 0.15) is 30.7 Å². The van der Waals surface area contributed by atoms with E-state index in [1.54, 1.807) is 18.3 Å². The lowest BCUT2D eigenvalue weighted by Gasteiger charge is -2.13. The van der Waals surface area contributed by atoms with Crippen LogP contribution in [0.4, 0.5) is 17.3 Å². The Kier molecular flexibility index (Phi) is 6.02. The zero-order valence-electron chi connectivity index (χ0n) is 15.8. The van der Waals surface area contributed by atoms with Gasteiger partial charge in [-0.25, -0.2) is 15.0 Å². The lowest BCUT2D eigenvalue weighted by Crippen LogP contribution is -2.12. The summed E-state index contributed by atoms with van der Waals surface area (Å²) in [5.41, 5.74) is 8.26. The minimum absolute atomic E-state index is 0.544. The molecule has 1 saturated carbocycles. The Balaban J connectivity index is 1.40. The number of hydrogen-bond acceptors (Lipinski definition) is 6. The summed E-state index contributed by atoms with van der Waals surface area (Å²) in [7, 11) is 0. The molecule has 0 aliphatic heterocycles. The van der Waals surface area contributed by atoms with Crippen molar-refractivity contribution in [2.24, 2.45) is 0 Å². The van der Waals surface area contributed by atoms with Gasteiger partial charge in [0.25, 0.3) is 0 Å². The standard InChI is InChI=1S/C21H22Cl2N6/c22-14-4-6-16(18(23)10-14)20-28-12-17(13-2-3-13)21(29-20)26-9-1-8-25-19-7-5-15(24)11-27-19/h4-7,10-13H,1-3,8-9,24H2,(H,25,27)(H,26,28,29). The lowest BCUT2D eigenvalue weighted by molar-refractivity contribution is 0.891. The predicted molar refractivity (Wildman–Crippen MR) is 120 cm³/mol. The topological polar surface area (TPSA) is 88.8 Å². The van der Waals surface area contributed by atoms with Crippen LogP contribution in [0, 0.1) is 0 Å². The van der Waals surface area contributed by atoms with E-state index in [2.05, 4.69) is 20.6 Å². The van der Waals surface area contributed by atoms with Crippen LogP contribution in [-0.2, 0) is 0 Å². The minimum atomic E-state index is 0.544. The van der Waals surface area contributed by atoms with E-state index in [0.29, 0.717) is 27.5 Å². The van der Waals surface area contributed by atoms with Gasteiger partial charge in [-0.3, -0.25) is 0 Å². The van der Waals surface area contributed by atoms with Gasteiger partial charge in [-0.15, -0.1) is 0 Å². The van der Waals surface area contributed by atoms with E-state index in [9.17, 15) is 0 Å². The van der Waals surface area contributed by atoms with Crippen LogP contribution in [0.5, 0.6) is 0 Å². The molecule has 1 fully saturated rings. The Bertz CT molecular complexity index is 989. The van der Waals surface area contributed by atoms with Gasteiger partial charge in [0, 0.05) is 35.4 Å². The second kappa shape index (κ2) is 8.84. The Labute approximate surface area is 179 Å². The fraction of sp³-hybridized carbons (Fsp3) is 0.286. The van der Waals surface area contributed by atoms with Crippen LogP contribution in [-0.4, -0.2) is 28.0 Å². The van der Waals surface area contributed by atoms with Gasteiger partial charge < -0.3 is 16.4 Å². The van der Waals surface area contributed by atoms with E-state index < -0.39 is 0 Å². The number of aromatic nitrogens is 3. The molecule has 6 nitrogen and oxygen atoms in total. The van der Waals surface area contributed by atoms with Gasteiger partial charge in [0.2, 0.25) is 0 Å². The lowest BCUT2D eigenvalue weighted by atomic mass is 10.1. The van der Waals surface area contributed by atoms with Crippen molar-refractivity contribution in [1.29, 1.82) is 0 Å². The first-order valence-corrected chi connectivity index (χ1v) is 10.4. The summed E-state index contributed by atoms with van der Waals surface area (Å²) >= 11 is 12.3. The smallest absolute Gasteiger partial charge is 0.163 e. The summed E-state index contributed by atoms with van der Waals surface area (Å²) in [5.74, 6) is 2.85. The molecule has 8 heteroatoms. The van der Waals surface area contributed by atoms with Crippen molar-refractivity contribution in [2.45, 2.75) is 25.2 Å². The highest BCUT2D eigenvalue weighted by Gasteiger charge is 2.27. The summed E-state index contributed by atoms with van der Waals surface area (Å²) in [6, 6.07) is 9.07. The molecule has 4 N–H and O–H groups in total. The quantitative estimate of drug-likeness (QED) is 0.426. The van der Waals surface area contributed by atoms with Crippen molar-refractivity contribution in [3.63, 3.8) is 0 Å². The molecule has 3 aromatic rings. The van der Waals surface area contributed by atoms with E-state index in [-0.39, 0.29) is 0 Å². The normalized spacial score (nSPS) is 13.3. The molecule has 4 rings (SSSR count). The van der Waals surface area contributed by atoms with E-state index in [4.69, 9.17) is 33.9 Å². The Hall–Kier alpha value is -2.57. The van der Waals surface area contributed by atoms with Crippen molar-refractivity contribution in [3.05, 3.63) is 58.3 Å². The zero-order chi connectivity index (χ0) is 20.2. The molecule has 150 valence electrons. The zero-order valence-corrected chi connectivity index (χ0v) is 17.3. The molecule has 0 saturated heterocycles. The average molecular weight is 429 g/mol. The van der Waals surface area contributed by atoms with Gasteiger partial charge in [-0.05, 0) is 55.5 Å². The molecule has 0 radical (unpaired) electrons. The summed E-state index contributed by atoms with van der Waals surface area (Å²) in [4.78, 5) is 13.5. The number of anilines is 3. The predicted octanol–water partition coefficient (Wildman–Crippen LogP) is 5.22. The van der Waals surface area contributed by atoms with Crippen LogP contribution in [0.2, 0.25) is 10.0 Å². The third-order valence-electron chi connectivity index (χ3n) is 4.74. The van der Waals surface area contributed by atoms with Gasteiger partial charge in [-0.2, -0.15) is 0 Å². The number of nitrogens with two attached hydrogens (primary N) is 1. The van der Waals surface area contributed by atoms with Crippen LogP contribution in [0.15, 0.2) is 42.7 Å². The molecular weight excluding hydrogens is 407 g/mol. The maximum absolute atomic E-state index is 6.34. The highest BCUT2D eigenvalue weighted by molar-refractivity contribution is 6.36. The monoisotopic (exact) mass is 428 g/mol. The van der Waals surface area contributed by atoms with Crippen molar-refractivity contribution in [2.75, 3.05) is 29.5 Å². The molecule has 0 amide bonds. The molecule has 1 aliphatic carbocycles. The van der Waals surface area contributed by atoms with E-state index in [0.717, 1.165) is 36.7 Å². The summed E-state index contributed by atoms with van der Waals surface area (Å²) in [6.45, 7) is 1.58. The Morgan fingerprint density at radius 2 is 1.83 bits per heavy atom. The van der Waals surface area contributed by atoms with E-state index in [1.807, 2.05) is 24.4 Å². The first-order chi connectivity index (χ1) is 14.1. The highest BCUT2D eigenvalue weighted by atomic mass is 35.5. The molecule has 1 aromatic carbocycles. The van der Waals surface area contributed by atoms with Crippen molar-refractivity contribution in [3.8, 4) is 11.4 Å². The van der Waals surface area contributed by atoms with Gasteiger partial charge in [0.15, 0.2) is 5.82 Å². The first kappa shape index (κ1) is 19.7. The van der Waals surface area contributed by atoms with Crippen LogP contribution < -0.4 is 16.4 Å². The van der Waals surface area contributed by atoms with Crippen molar-refractivity contribution >= 4 is 40.5 Å². The summed E-state index contributed by atoms with van der Waals surface area (Å²) in [6.07, 6.45) is 6.85. The molecule has 2 aromatic heterocycles. The third-order valence-corrected chi connectivity index (χ3v) is 5.29. The van der Waals surface area contributed by atoms with Crippen molar-refractivity contribution < 1.29 is 0 Å². The van der Waals surface area contributed by atoms with E-state index in [1.165, 1.54) is 18.4 Å². The number of nitrogen functional groups attached to an aromatic ring is 1. The van der Waals surface area contributed by atoms with Gasteiger partial charge >= 0.3 is 0 Å². The number of pyridine rings is 1. The SMILES string of the molecule is Nc1ccc(NCCCNc2nc(-c3ccc(Cl)cc3Cl)ncc2C2CC2)nc1. The molecule has 0 bridgehead atoms. The molecule has 0 unspecified atom stereocenters. The van der Waals surface area contributed by atoms with E-state index >= 15 is 0 Å². The highest BCUT2D eigenvalue weighted by Crippen LogP contribution is 2.43. The second-order valence-corrected chi connectivity index (χ2v) is 7.92. The maximum Gasteiger partial charge on any atom is 0.163 e. The average Bonchev–Trinajstić information content (AvgIpc) is 3.54. The molecular formula is C21H22Cl2N6. The molecule has 29 heavy (non-hydrogen) atoms. The molecule has 1 aliphatic rings.